The zero-order valence-corrected chi connectivity index (χ0v) is 12.9. The average Bonchev–Trinajstić information content (AvgIpc) is 2.92. The molecule has 126 valence electrons. The van der Waals surface area contributed by atoms with E-state index in [2.05, 4.69) is 10.3 Å². The van der Waals surface area contributed by atoms with Crippen molar-refractivity contribution < 1.29 is 19.6 Å². The summed E-state index contributed by atoms with van der Waals surface area (Å²) in [5, 5.41) is 22.4. The monoisotopic (exact) mass is 332 g/mol. The first-order valence-electron chi connectivity index (χ1n) is 7.13. The fraction of sp³-hybridized carbons (Fsp3) is 0.267. The Labute approximate surface area is 137 Å². The first-order valence-corrected chi connectivity index (χ1v) is 7.13. The zero-order valence-electron chi connectivity index (χ0n) is 12.9. The Bertz CT molecular complexity index is 756. The molecule has 2 N–H and O–H groups in total. The van der Waals surface area contributed by atoms with Crippen molar-refractivity contribution in [1.29, 1.82) is 0 Å². The molecule has 0 aliphatic heterocycles. The van der Waals surface area contributed by atoms with Gasteiger partial charge in [-0.1, -0.05) is 30.3 Å². The van der Waals surface area contributed by atoms with Crippen molar-refractivity contribution in [3.05, 3.63) is 58.0 Å². The molecule has 24 heavy (non-hydrogen) atoms. The Morgan fingerprint density at radius 2 is 2.04 bits per heavy atom. The van der Waals surface area contributed by atoms with Gasteiger partial charge in [0.2, 0.25) is 11.7 Å². The van der Waals surface area contributed by atoms with Crippen LogP contribution in [0.5, 0.6) is 0 Å². The fourth-order valence-electron chi connectivity index (χ4n) is 2.19. The predicted octanol–water partition coefficient (Wildman–Crippen LogP) is 1.43. The molecule has 9 heteroatoms. The summed E-state index contributed by atoms with van der Waals surface area (Å²) in [5.74, 6) is -1.51. The van der Waals surface area contributed by atoms with Gasteiger partial charge in [-0.15, -0.1) is 0 Å². The Hall–Kier alpha value is -3.23. The molecule has 1 aromatic heterocycles. The molecule has 9 nitrogen and oxygen atoms in total. The zero-order chi connectivity index (χ0) is 17.7. The predicted molar refractivity (Wildman–Crippen MR) is 83.2 cm³/mol. The van der Waals surface area contributed by atoms with Crippen molar-refractivity contribution in [1.82, 2.24) is 14.9 Å². The lowest BCUT2D eigenvalue weighted by Crippen LogP contribution is -2.34. The maximum absolute atomic E-state index is 12.0. The van der Waals surface area contributed by atoms with Gasteiger partial charge in [-0.2, -0.15) is 0 Å². The molecule has 0 aliphatic rings. The van der Waals surface area contributed by atoms with E-state index in [9.17, 15) is 24.8 Å². The third kappa shape index (κ3) is 4.15. The van der Waals surface area contributed by atoms with E-state index in [0.29, 0.717) is 11.4 Å². The second-order valence-corrected chi connectivity index (χ2v) is 5.10. The number of nitrogens with one attached hydrogen (secondary N) is 1. The largest absolute Gasteiger partial charge is 0.479 e. The number of nitro groups is 1. The molecule has 2 rings (SSSR count). The van der Waals surface area contributed by atoms with E-state index in [4.69, 9.17) is 0 Å². The minimum Gasteiger partial charge on any atom is -0.479 e. The maximum atomic E-state index is 12.0. The molecule has 1 atom stereocenters. The molecule has 2 aromatic rings. The standard InChI is InChI=1S/C15H16N4O5/c1-10-16-12(19(23)24)9-18(10)8-7-13(20)17-14(15(21)22)11-5-3-2-4-6-11/h2-6,9,14H,7-8H2,1H3,(H,17,20)(H,21,22)/t14-/m0/s1. The van der Waals surface area contributed by atoms with Crippen LogP contribution in [0.3, 0.4) is 0 Å². The molecule has 1 heterocycles. The molecule has 0 saturated heterocycles. The number of imidazole rings is 1. The van der Waals surface area contributed by atoms with Crippen molar-refractivity contribution in [3.63, 3.8) is 0 Å². The molecule has 1 amide bonds. The van der Waals surface area contributed by atoms with Gasteiger partial charge < -0.3 is 25.1 Å². The first-order chi connectivity index (χ1) is 11.4. The molecule has 0 saturated carbocycles. The van der Waals surface area contributed by atoms with Gasteiger partial charge in [0, 0.05) is 19.9 Å². The molecule has 0 radical (unpaired) electrons. The summed E-state index contributed by atoms with van der Waals surface area (Å²) in [6.07, 6.45) is 1.22. The maximum Gasteiger partial charge on any atom is 0.381 e. The highest BCUT2D eigenvalue weighted by atomic mass is 16.6. The van der Waals surface area contributed by atoms with Crippen molar-refractivity contribution in [2.45, 2.75) is 25.9 Å². The number of carbonyl (C=O) groups excluding carboxylic acids is 1. The van der Waals surface area contributed by atoms with E-state index >= 15 is 0 Å². The van der Waals surface area contributed by atoms with Gasteiger partial charge >= 0.3 is 11.8 Å². The van der Waals surface area contributed by atoms with Gasteiger partial charge in [-0.25, -0.2) is 4.79 Å². The van der Waals surface area contributed by atoms with Crippen LogP contribution >= 0.6 is 0 Å². The highest BCUT2D eigenvalue weighted by molar-refractivity contribution is 5.84. The van der Waals surface area contributed by atoms with Crippen LogP contribution in [-0.4, -0.2) is 31.5 Å². The molecule has 0 unspecified atom stereocenters. The Morgan fingerprint density at radius 1 is 1.38 bits per heavy atom. The van der Waals surface area contributed by atoms with E-state index in [1.165, 1.54) is 10.8 Å². The number of aliphatic carboxylic acids is 1. The molecular weight excluding hydrogens is 316 g/mol. The number of hydrogen-bond donors (Lipinski definition) is 2. The van der Waals surface area contributed by atoms with E-state index in [-0.39, 0.29) is 18.8 Å². The average molecular weight is 332 g/mol. The number of rotatable bonds is 7. The first kappa shape index (κ1) is 17.1. The quantitative estimate of drug-likeness (QED) is 0.583. The summed E-state index contributed by atoms with van der Waals surface area (Å²) < 4.78 is 1.48. The number of benzene rings is 1. The summed E-state index contributed by atoms with van der Waals surface area (Å²) in [4.78, 5) is 37.2. The number of carboxylic acid groups (broad SMARTS) is 1. The summed E-state index contributed by atoms with van der Waals surface area (Å²) >= 11 is 0. The fourth-order valence-corrected chi connectivity index (χ4v) is 2.19. The van der Waals surface area contributed by atoms with Crippen LogP contribution in [-0.2, 0) is 16.1 Å². The normalized spacial score (nSPS) is 11.7. The van der Waals surface area contributed by atoms with Gasteiger partial charge in [-0.05, 0) is 15.5 Å². The lowest BCUT2D eigenvalue weighted by atomic mass is 10.1. The number of carbonyl (C=O) groups is 2. The van der Waals surface area contributed by atoms with Crippen LogP contribution < -0.4 is 5.32 Å². The van der Waals surface area contributed by atoms with Crippen LogP contribution in [0.15, 0.2) is 36.5 Å². The second kappa shape index (κ2) is 7.36. The Morgan fingerprint density at radius 3 is 2.58 bits per heavy atom. The third-order valence-electron chi connectivity index (χ3n) is 3.42. The van der Waals surface area contributed by atoms with E-state index in [1.807, 2.05) is 0 Å². The number of carboxylic acids is 1. The van der Waals surface area contributed by atoms with Gasteiger partial charge in [0.25, 0.3) is 0 Å². The van der Waals surface area contributed by atoms with Gasteiger partial charge in [-0.3, -0.25) is 4.79 Å². The van der Waals surface area contributed by atoms with Crippen LogP contribution in [0.1, 0.15) is 23.9 Å². The second-order valence-electron chi connectivity index (χ2n) is 5.10. The lowest BCUT2D eigenvalue weighted by Gasteiger charge is -2.15. The highest BCUT2D eigenvalue weighted by Gasteiger charge is 2.22. The number of hydrogen-bond acceptors (Lipinski definition) is 5. The van der Waals surface area contributed by atoms with Crippen LogP contribution in [0.4, 0.5) is 5.82 Å². The third-order valence-corrected chi connectivity index (χ3v) is 3.42. The van der Waals surface area contributed by atoms with Crippen LogP contribution in [0, 0.1) is 17.0 Å². The number of amides is 1. The van der Waals surface area contributed by atoms with Gasteiger partial charge in [0.1, 0.15) is 6.20 Å². The van der Waals surface area contributed by atoms with E-state index < -0.39 is 22.8 Å². The number of nitrogens with zero attached hydrogens (tertiary/aromatic N) is 3. The van der Waals surface area contributed by atoms with E-state index in [0.717, 1.165) is 0 Å². The number of aryl methyl sites for hydroxylation is 2. The highest BCUT2D eigenvalue weighted by Crippen LogP contribution is 2.14. The molecule has 0 spiro atoms. The minimum atomic E-state index is -1.16. The summed E-state index contributed by atoms with van der Waals surface area (Å²) in [6.45, 7) is 1.76. The van der Waals surface area contributed by atoms with E-state index in [1.54, 1.807) is 37.3 Å². The molecular formula is C15H16N4O5. The van der Waals surface area contributed by atoms with Crippen LogP contribution in [0.2, 0.25) is 0 Å². The van der Waals surface area contributed by atoms with Crippen molar-refractivity contribution in [2.75, 3.05) is 0 Å². The van der Waals surface area contributed by atoms with Crippen molar-refractivity contribution in [3.8, 4) is 0 Å². The van der Waals surface area contributed by atoms with Gasteiger partial charge in [0.15, 0.2) is 6.04 Å². The van der Waals surface area contributed by atoms with Crippen molar-refractivity contribution in [2.24, 2.45) is 0 Å². The number of aromatic nitrogens is 2. The summed E-state index contributed by atoms with van der Waals surface area (Å²) in [6, 6.07) is 7.21. The smallest absolute Gasteiger partial charge is 0.381 e. The summed E-state index contributed by atoms with van der Waals surface area (Å²) in [5.41, 5.74) is 0.466. The minimum absolute atomic E-state index is 0.0228. The van der Waals surface area contributed by atoms with Crippen LogP contribution in [0.25, 0.3) is 0 Å². The van der Waals surface area contributed by atoms with Crippen molar-refractivity contribution >= 4 is 17.7 Å². The summed E-state index contributed by atoms with van der Waals surface area (Å²) in [7, 11) is 0. The Kier molecular flexibility index (Phi) is 5.25. The molecule has 0 aliphatic carbocycles. The van der Waals surface area contributed by atoms with Gasteiger partial charge in [0.05, 0.1) is 0 Å². The SMILES string of the molecule is Cc1nc([N+](=O)[O-])cn1CCC(=O)N[C@H](C(=O)O)c1ccccc1. The molecule has 0 bridgehead atoms. The topological polar surface area (TPSA) is 127 Å². The lowest BCUT2D eigenvalue weighted by molar-refractivity contribution is -0.389. The molecule has 1 aromatic carbocycles. The molecule has 0 fully saturated rings. The Balaban J connectivity index is 1.99.